The van der Waals surface area contributed by atoms with Crippen molar-refractivity contribution in [1.29, 1.82) is 0 Å². The fourth-order valence-electron chi connectivity index (χ4n) is 3.16. The Morgan fingerprint density at radius 2 is 2.11 bits per heavy atom. The minimum atomic E-state index is 0.605. The van der Waals surface area contributed by atoms with E-state index >= 15 is 0 Å². The number of nitrogens with one attached hydrogen (secondary N) is 1. The van der Waals surface area contributed by atoms with Crippen molar-refractivity contribution in [3.05, 3.63) is 24.3 Å². The van der Waals surface area contributed by atoms with Gasteiger partial charge in [-0.2, -0.15) is 0 Å². The van der Waals surface area contributed by atoms with E-state index in [9.17, 15) is 0 Å². The lowest BCUT2D eigenvalue weighted by molar-refractivity contribution is 0.237. The van der Waals surface area contributed by atoms with Crippen LogP contribution in [0.1, 0.15) is 50.6 Å². The molecule has 2 fully saturated rings. The quantitative estimate of drug-likeness (QED) is 0.886. The Bertz CT molecular complexity index is 375. The fourth-order valence-corrected chi connectivity index (χ4v) is 3.16. The van der Waals surface area contributed by atoms with Gasteiger partial charge in [-0.1, -0.05) is 13.3 Å². The van der Waals surface area contributed by atoms with Crippen LogP contribution >= 0.6 is 0 Å². The predicted octanol–water partition coefficient (Wildman–Crippen LogP) is 2.75. The molecule has 0 aliphatic heterocycles. The van der Waals surface area contributed by atoms with E-state index in [1.165, 1.54) is 44.3 Å². The van der Waals surface area contributed by atoms with Crippen LogP contribution in [0.4, 0.5) is 0 Å². The smallest absolute Gasteiger partial charge is 0.0620 e. The Kier molecular flexibility index (Phi) is 3.59. The first-order valence-corrected chi connectivity index (χ1v) is 7.32. The van der Waals surface area contributed by atoms with Crippen molar-refractivity contribution in [3.8, 4) is 0 Å². The molecule has 0 amide bonds. The fraction of sp³-hybridized carbons (Fsp3) is 0.733. The van der Waals surface area contributed by atoms with Gasteiger partial charge in [0.2, 0.25) is 0 Å². The Morgan fingerprint density at radius 3 is 2.83 bits per heavy atom. The molecule has 2 aliphatic carbocycles. The van der Waals surface area contributed by atoms with Gasteiger partial charge in [-0.25, -0.2) is 0 Å². The molecule has 18 heavy (non-hydrogen) atoms. The maximum absolute atomic E-state index is 4.54. The number of hydrogen-bond donors (Lipinski definition) is 1. The molecule has 1 aromatic rings. The largest absolute Gasteiger partial charge is 0.314 e. The van der Waals surface area contributed by atoms with Gasteiger partial charge in [-0.15, -0.1) is 0 Å². The second kappa shape index (κ2) is 5.35. The summed E-state index contributed by atoms with van der Waals surface area (Å²) in [5.41, 5.74) is 1.20. The summed E-state index contributed by atoms with van der Waals surface area (Å²) in [4.78, 5) is 8.78. The Hall–Kier alpha value is -0.960. The van der Waals surface area contributed by atoms with Gasteiger partial charge in [0, 0.05) is 30.6 Å². The molecule has 0 bridgehead atoms. The molecule has 0 aromatic carbocycles. The normalized spacial score (nSPS) is 32.4. The highest BCUT2D eigenvalue weighted by atomic mass is 14.9. The molecule has 1 N–H and O–H groups in total. The molecule has 0 spiro atoms. The van der Waals surface area contributed by atoms with E-state index < -0.39 is 0 Å². The SMILES string of the molecule is CC1CCC(CNC2CC2)C(c2cnccn2)C1. The third-order valence-corrected chi connectivity index (χ3v) is 4.46. The summed E-state index contributed by atoms with van der Waals surface area (Å²) in [5, 5.41) is 3.69. The minimum Gasteiger partial charge on any atom is -0.314 e. The molecule has 1 heterocycles. The van der Waals surface area contributed by atoms with Crippen molar-refractivity contribution >= 4 is 0 Å². The van der Waals surface area contributed by atoms with Crippen LogP contribution in [0, 0.1) is 11.8 Å². The zero-order valence-corrected chi connectivity index (χ0v) is 11.2. The lowest BCUT2D eigenvalue weighted by atomic mass is 9.73. The summed E-state index contributed by atoms with van der Waals surface area (Å²) in [6, 6.07) is 0.812. The zero-order valence-electron chi connectivity index (χ0n) is 11.2. The third-order valence-electron chi connectivity index (χ3n) is 4.46. The van der Waals surface area contributed by atoms with Gasteiger partial charge < -0.3 is 5.32 Å². The molecule has 1 aromatic heterocycles. The van der Waals surface area contributed by atoms with Gasteiger partial charge in [0.05, 0.1) is 5.69 Å². The highest BCUT2D eigenvalue weighted by Crippen LogP contribution is 2.39. The first-order chi connectivity index (χ1) is 8.83. The van der Waals surface area contributed by atoms with Crippen molar-refractivity contribution < 1.29 is 0 Å². The number of hydrogen-bond acceptors (Lipinski definition) is 3. The molecule has 3 rings (SSSR count). The molecule has 3 unspecified atom stereocenters. The lowest BCUT2D eigenvalue weighted by Gasteiger charge is -2.34. The molecule has 0 saturated heterocycles. The van der Waals surface area contributed by atoms with Crippen LogP contribution in [0.3, 0.4) is 0 Å². The Labute approximate surface area is 109 Å². The summed E-state index contributed by atoms with van der Waals surface area (Å²) in [5.74, 6) is 2.18. The van der Waals surface area contributed by atoms with Gasteiger partial charge in [-0.3, -0.25) is 9.97 Å². The van der Waals surface area contributed by atoms with Gasteiger partial charge in [-0.05, 0) is 44.1 Å². The third kappa shape index (κ3) is 2.89. The first kappa shape index (κ1) is 12.1. The average Bonchev–Trinajstić information content (AvgIpc) is 3.22. The highest BCUT2D eigenvalue weighted by molar-refractivity contribution is 5.08. The molecule has 3 heteroatoms. The molecule has 3 nitrogen and oxygen atoms in total. The monoisotopic (exact) mass is 245 g/mol. The van der Waals surface area contributed by atoms with E-state index in [0.717, 1.165) is 17.9 Å². The molecular weight excluding hydrogens is 222 g/mol. The maximum atomic E-state index is 4.54. The van der Waals surface area contributed by atoms with Crippen LogP contribution in [0.15, 0.2) is 18.6 Å². The second-order valence-electron chi connectivity index (χ2n) is 6.10. The van der Waals surface area contributed by atoms with Gasteiger partial charge in [0.25, 0.3) is 0 Å². The van der Waals surface area contributed by atoms with Crippen LogP contribution in [0.5, 0.6) is 0 Å². The van der Waals surface area contributed by atoms with E-state index in [2.05, 4.69) is 22.2 Å². The van der Waals surface area contributed by atoms with Gasteiger partial charge >= 0.3 is 0 Å². The van der Waals surface area contributed by atoms with Crippen LogP contribution in [0.25, 0.3) is 0 Å². The van der Waals surface area contributed by atoms with Crippen molar-refractivity contribution in [3.63, 3.8) is 0 Å². The van der Waals surface area contributed by atoms with Crippen molar-refractivity contribution in [1.82, 2.24) is 15.3 Å². The van der Waals surface area contributed by atoms with E-state index in [1.54, 1.807) is 6.20 Å². The van der Waals surface area contributed by atoms with E-state index in [-0.39, 0.29) is 0 Å². The van der Waals surface area contributed by atoms with E-state index in [1.807, 2.05) is 12.4 Å². The summed E-state index contributed by atoms with van der Waals surface area (Å²) in [7, 11) is 0. The van der Waals surface area contributed by atoms with Crippen LogP contribution < -0.4 is 5.32 Å². The van der Waals surface area contributed by atoms with E-state index in [4.69, 9.17) is 0 Å². The standard InChI is InChI=1S/C15H23N3/c1-11-2-3-12(9-18-13-4-5-13)14(8-11)15-10-16-6-7-17-15/h6-7,10-14,18H,2-5,8-9H2,1H3. The molecule has 2 saturated carbocycles. The predicted molar refractivity (Wildman–Crippen MR) is 72.3 cm³/mol. The zero-order chi connectivity index (χ0) is 12.4. The molecular formula is C15H23N3. The van der Waals surface area contributed by atoms with Crippen LogP contribution in [-0.2, 0) is 0 Å². The van der Waals surface area contributed by atoms with E-state index in [0.29, 0.717) is 5.92 Å². The van der Waals surface area contributed by atoms with Crippen LogP contribution in [0.2, 0.25) is 0 Å². The van der Waals surface area contributed by atoms with Crippen molar-refractivity contribution in [2.45, 2.75) is 51.0 Å². The maximum Gasteiger partial charge on any atom is 0.0620 e. The summed E-state index contributed by atoms with van der Waals surface area (Å²) >= 11 is 0. The number of nitrogens with zero attached hydrogens (tertiary/aromatic N) is 2. The first-order valence-electron chi connectivity index (χ1n) is 7.32. The second-order valence-corrected chi connectivity index (χ2v) is 6.10. The molecule has 2 aliphatic rings. The Balaban J connectivity index is 1.68. The highest BCUT2D eigenvalue weighted by Gasteiger charge is 2.32. The minimum absolute atomic E-state index is 0.605. The lowest BCUT2D eigenvalue weighted by Crippen LogP contribution is -2.33. The number of aromatic nitrogens is 2. The molecule has 3 atom stereocenters. The topological polar surface area (TPSA) is 37.8 Å². The van der Waals surface area contributed by atoms with Crippen molar-refractivity contribution in [2.75, 3.05) is 6.54 Å². The Morgan fingerprint density at radius 1 is 1.22 bits per heavy atom. The van der Waals surface area contributed by atoms with Crippen LogP contribution in [-0.4, -0.2) is 22.6 Å². The van der Waals surface area contributed by atoms with Gasteiger partial charge in [0.1, 0.15) is 0 Å². The summed E-state index contributed by atoms with van der Waals surface area (Å²) in [6.07, 6.45) is 12.3. The van der Waals surface area contributed by atoms with Crippen molar-refractivity contribution in [2.24, 2.45) is 11.8 Å². The summed E-state index contributed by atoms with van der Waals surface area (Å²) in [6.45, 7) is 3.53. The molecule has 0 radical (unpaired) electrons. The summed E-state index contributed by atoms with van der Waals surface area (Å²) < 4.78 is 0. The molecule has 98 valence electrons. The van der Waals surface area contributed by atoms with Gasteiger partial charge in [0.15, 0.2) is 0 Å². The average molecular weight is 245 g/mol. The number of rotatable bonds is 4.